The van der Waals surface area contributed by atoms with Crippen LogP contribution in [-0.2, 0) is 0 Å². The molecule has 0 saturated carbocycles. The average molecular weight is 211 g/mol. The molecular weight excluding hydrogens is 192 g/mol. The second-order valence-electron chi connectivity index (χ2n) is 4.42. The van der Waals surface area contributed by atoms with Crippen molar-refractivity contribution in [3.63, 3.8) is 0 Å². The molecule has 0 heterocycles. The standard InChI is InChI=1S/C13H19Cl/c1-10(2)9-11(3)13(14)12-7-5-4-6-8-12/h4-8,10-11,13H,9H2,1-3H3. The third kappa shape index (κ3) is 3.34. The van der Waals surface area contributed by atoms with Gasteiger partial charge in [0.25, 0.3) is 0 Å². The van der Waals surface area contributed by atoms with Crippen LogP contribution in [0.3, 0.4) is 0 Å². The highest BCUT2D eigenvalue weighted by molar-refractivity contribution is 6.20. The Morgan fingerprint density at radius 3 is 2.14 bits per heavy atom. The lowest BCUT2D eigenvalue weighted by Gasteiger charge is -2.20. The summed E-state index contributed by atoms with van der Waals surface area (Å²) in [5.41, 5.74) is 1.24. The first-order valence-electron chi connectivity index (χ1n) is 5.30. The van der Waals surface area contributed by atoms with E-state index in [1.807, 2.05) is 18.2 Å². The first kappa shape index (κ1) is 11.6. The Bertz CT molecular complexity index is 253. The van der Waals surface area contributed by atoms with E-state index < -0.39 is 0 Å². The van der Waals surface area contributed by atoms with Gasteiger partial charge in [0.05, 0.1) is 5.38 Å². The van der Waals surface area contributed by atoms with Crippen molar-refractivity contribution in [1.29, 1.82) is 0 Å². The van der Waals surface area contributed by atoms with E-state index in [4.69, 9.17) is 11.6 Å². The van der Waals surface area contributed by atoms with Crippen LogP contribution in [-0.4, -0.2) is 0 Å². The van der Waals surface area contributed by atoms with Gasteiger partial charge in [-0.1, -0.05) is 51.1 Å². The van der Waals surface area contributed by atoms with Crippen LogP contribution in [0.25, 0.3) is 0 Å². The van der Waals surface area contributed by atoms with Crippen molar-refractivity contribution in [3.05, 3.63) is 35.9 Å². The Hall–Kier alpha value is -0.490. The molecule has 78 valence electrons. The fourth-order valence-electron chi connectivity index (χ4n) is 1.83. The number of rotatable bonds is 4. The summed E-state index contributed by atoms with van der Waals surface area (Å²) in [4.78, 5) is 0. The zero-order valence-corrected chi connectivity index (χ0v) is 9.96. The minimum absolute atomic E-state index is 0.151. The van der Waals surface area contributed by atoms with Crippen LogP contribution in [0.4, 0.5) is 0 Å². The lowest BCUT2D eigenvalue weighted by Crippen LogP contribution is -2.07. The van der Waals surface area contributed by atoms with Gasteiger partial charge in [-0.25, -0.2) is 0 Å². The van der Waals surface area contributed by atoms with Crippen molar-refractivity contribution in [2.75, 3.05) is 0 Å². The summed E-state index contributed by atoms with van der Waals surface area (Å²) in [5.74, 6) is 1.26. The van der Waals surface area contributed by atoms with Crippen LogP contribution in [0.1, 0.15) is 38.1 Å². The molecule has 1 rings (SSSR count). The molecule has 2 atom stereocenters. The van der Waals surface area contributed by atoms with E-state index >= 15 is 0 Å². The first-order valence-corrected chi connectivity index (χ1v) is 5.74. The minimum atomic E-state index is 0.151. The van der Waals surface area contributed by atoms with E-state index in [0.717, 1.165) is 5.92 Å². The molecule has 0 aromatic heterocycles. The maximum atomic E-state index is 6.40. The molecule has 2 unspecified atom stereocenters. The maximum absolute atomic E-state index is 6.40. The predicted octanol–water partition coefficient (Wildman–Crippen LogP) is 4.65. The number of benzene rings is 1. The summed E-state index contributed by atoms with van der Waals surface area (Å²) >= 11 is 6.40. The van der Waals surface area contributed by atoms with Crippen molar-refractivity contribution in [2.45, 2.75) is 32.6 Å². The molecule has 0 spiro atoms. The van der Waals surface area contributed by atoms with Gasteiger partial charge in [-0.05, 0) is 23.8 Å². The minimum Gasteiger partial charge on any atom is -0.118 e. The molecule has 0 amide bonds. The number of hydrogen-bond donors (Lipinski definition) is 0. The van der Waals surface area contributed by atoms with E-state index in [-0.39, 0.29) is 5.38 Å². The van der Waals surface area contributed by atoms with Crippen LogP contribution in [0.2, 0.25) is 0 Å². The zero-order valence-electron chi connectivity index (χ0n) is 9.20. The van der Waals surface area contributed by atoms with Crippen LogP contribution >= 0.6 is 11.6 Å². The Morgan fingerprint density at radius 2 is 1.64 bits per heavy atom. The van der Waals surface area contributed by atoms with Crippen molar-refractivity contribution >= 4 is 11.6 Å². The molecule has 0 saturated heterocycles. The average Bonchev–Trinajstić information content (AvgIpc) is 2.17. The molecule has 0 fully saturated rings. The number of alkyl halides is 1. The monoisotopic (exact) mass is 210 g/mol. The molecule has 0 bridgehead atoms. The quantitative estimate of drug-likeness (QED) is 0.635. The lowest BCUT2D eigenvalue weighted by atomic mass is 9.92. The fourth-order valence-corrected chi connectivity index (χ4v) is 2.08. The highest BCUT2D eigenvalue weighted by atomic mass is 35.5. The van der Waals surface area contributed by atoms with Crippen LogP contribution in [0, 0.1) is 11.8 Å². The molecule has 0 aliphatic carbocycles. The molecule has 1 aromatic carbocycles. The smallest absolute Gasteiger partial charge is 0.0610 e. The Balaban J connectivity index is 2.61. The molecule has 1 aromatic rings. The highest BCUT2D eigenvalue weighted by Crippen LogP contribution is 2.32. The third-order valence-corrected chi connectivity index (χ3v) is 3.14. The summed E-state index contributed by atoms with van der Waals surface area (Å²) < 4.78 is 0. The molecule has 1 heteroatoms. The summed E-state index contributed by atoms with van der Waals surface area (Å²) in [6.45, 7) is 6.71. The number of halogens is 1. The normalized spacial score (nSPS) is 15.5. The summed E-state index contributed by atoms with van der Waals surface area (Å²) in [6.07, 6.45) is 1.18. The zero-order chi connectivity index (χ0) is 10.6. The number of hydrogen-bond acceptors (Lipinski definition) is 0. The van der Waals surface area contributed by atoms with Gasteiger partial charge in [0.15, 0.2) is 0 Å². The van der Waals surface area contributed by atoms with Gasteiger partial charge >= 0.3 is 0 Å². The Kier molecular flexibility index (Phi) is 4.47. The topological polar surface area (TPSA) is 0 Å². The molecule has 0 aliphatic heterocycles. The van der Waals surface area contributed by atoms with Gasteiger partial charge in [-0.2, -0.15) is 0 Å². The largest absolute Gasteiger partial charge is 0.118 e. The second-order valence-corrected chi connectivity index (χ2v) is 4.89. The van der Waals surface area contributed by atoms with Crippen LogP contribution in [0.15, 0.2) is 30.3 Å². The van der Waals surface area contributed by atoms with E-state index in [0.29, 0.717) is 5.92 Å². The van der Waals surface area contributed by atoms with Gasteiger partial charge < -0.3 is 0 Å². The SMILES string of the molecule is CC(C)CC(C)C(Cl)c1ccccc1. The van der Waals surface area contributed by atoms with Gasteiger partial charge in [0, 0.05) is 0 Å². The summed E-state index contributed by atoms with van der Waals surface area (Å²) in [5, 5.41) is 0.151. The Labute approximate surface area is 92.3 Å². The van der Waals surface area contributed by atoms with Crippen molar-refractivity contribution in [2.24, 2.45) is 11.8 Å². The third-order valence-electron chi connectivity index (χ3n) is 2.46. The molecule has 0 aliphatic rings. The second kappa shape index (κ2) is 5.41. The van der Waals surface area contributed by atoms with Crippen LogP contribution < -0.4 is 0 Å². The van der Waals surface area contributed by atoms with Gasteiger partial charge in [0.2, 0.25) is 0 Å². The van der Waals surface area contributed by atoms with Crippen LogP contribution in [0.5, 0.6) is 0 Å². The van der Waals surface area contributed by atoms with Crippen molar-refractivity contribution in [1.82, 2.24) is 0 Å². The fraction of sp³-hybridized carbons (Fsp3) is 0.538. The molecule has 0 N–H and O–H groups in total. The van der Waals surface area contributed by atoms with Crippen molar-refractivity contribution < 1.29 is 0 Å². The van der Waals surface area contributed by atoms with E-state index in [2.05, 4.69) is 32.9 Å². The first-order chi connectivity index (χ1) is 6.61. The van der Waals surface area contributed by atoms with Gasteiger partial charge in [-0.3, -0.25) is 0 Å². The maximum Gasteiger partial charge on any atom is 0.0610 e. The van der Waals surface area contributed by atoms with Gasteiger partial charge in [-0.15, -0.1) is 11.6 Å². The van der Waals surface area contributed by atoms with E-state index in [1.165, 1.54) is 12.0 Å². The molecule has 0 nitrogen and oxygen atoms in total. The van der Waals surface area contributed by atoms with E-state index in [1.54, 1.807) is 0 Å². The summed E-state index contributed by atoms with van der Waals surface area (Å²) in [6, 6.07) is 10.3. The molecule has 14 heavy (non-hydrogen) atoms. The predicted molar refractivity (Wildman–Crippen MR) is 63.7 cm³/mol. The summed E-state index contributed by atoms with van der Waals surface area (Å²) in [7, 11) is 0. The Morgan fingerprint density at radius 1 is 1.07 bits per heavy atom. The highest BCUT2D eigenvalue weighted by Gasteiger charge is 2.16. The molecule has 0 radical (unpaired) electrons. The van der Waals surface area contributed by atoms with Crippen molar-refractivity contribution in [3.8, 4) is 0 Å². The molecular formula is C13H19Cl. The van der Waals surface area contributed by atoms with E-state index in [9.17, 15) is 0 Å². The van der Waals surface area contributed by atoms with Gasteiger partial charge in [0.1, 0.15) is 0 Å². The lowest BCUT2D eigenvalue weighted by molar-refractivity contribution is 0.427.